The van der Waals surface area contributed by atoms with Gasteiger partial charge in [0.2, 0.25) is 5.91 Å². The van der Waals surface area contributed by atoms with Crippen LogP contribution in [-0.4, -0.2) is 47.3 Å². The molecular formula is C12H14N4O2. The van der Waals surface area contributed by atoms with Crippen molar-refractivity contribution in [3.05, 3.63) is 30.1 Å². The molecule has 1 heterocycles. The highest BCUT2D eigenvalue weighted by Crippen LogP contribution is 2.11. The summed E-state index contributed by atoms with van der Waals surface area (Å²) < 4.78 is 0. The Bertz CT molecular complexity index is 589. The smallest absolute Gasteiger partial charge is 0.251 e. The third kappa shape index (κ3) is 2.48. The number of carbonyl (C=O) groups is 2. The molecule has 2 N–H and O–H groups in total. The standard InChI is InChI=1S/C12H14N4O2/c1-16(2)11(17)6-13-12(18)8-3-4-9-10(5-8)15-7-14-9/h3-5,7H,6H2,1-2H3,(H,13,18)(H,14,15). The van der Waals surface area contributed by atoms with Gasteiger partial charge < -0.3 is 15.2 Å². The van der Waals surface area contributed by atoms with Crippen molar-refractivity contribution < 1.29 is 9.59 Å². The summed E-state index contributed by atoms with van der Waals surface area (Å²) in [4.78, 5) is 31.6. The average molecular weight is 246 g/mol. The Labute approximate surface area is 104 Å². The lowest BCUT2D eigenvalue weighted by molar-refractivity contribution is -0.127. The van der Waals surface area contributed by atoms with Crippen molar-refractivity contribution in [1.82, 2.24) is 20.2 Å². The van der Waals surface area contributed by atoms with Gasteiger partial charge in [0, 0.05) is 19.7 Å². The molecule has 0 spiro atoms. The molecule has 6 nitrogen and oxygen atoms in total. The maximum atomic E-state index is 11.8. The van der Waals surface area contributed by atoms with Gasteiger partial charge >= 0.3 is 0 Å². The van der Waals surface area contributed by atoms with Crippen molar-refractivity contribution in [2.45, 2.75) is 0 Å². The topological polar surface area (TPSA) is 78.1 Å². The van der Waals surface area contributed by atoms with E-state index in [-0.39, 0.29) is 18.4 Å². The predicted octanol–water partition coefficient (Wildman–Crippen LogP) is 0.381. The molecular weight excluding hydrogens is 232 g/mol. The number of aromatic nitrogens is 2. The van der Waals surface area contributed by atoms with Crippen LogP contribution in [0.2, 0.25) is 0 Å². The summed E-state index contributed by atoms with van der Waals surface area (Å²) in [6.07, 6.45) is 1.57. The monoisotopic (exact) mass is 246 g/mol. The van der Waals surface area contributed by atoms with Crippen LogP contribution in [0.25, 0.3) is 11.0 Å². The third-order valence-electron chi connectivity index (χ3n) is 2.58. The first kappa shape index (κ1) is 12.1. The molecule has 0 saturated heterocycles. The van der Waals surface area contributed by atoms with Crippen LogP contribution in [0.4, 0.5) is 0 Å². The SMILES string of the molecule is CN(C)C(=O)CNC(=O)c1ccc2[nH]cnc2c1. The van der Waals surface area contributed by atoms with Crippen LogP contribution in [0.3, 0.4) is 0 Å². The van der Waals surface area contributed by atoms with Crippen molar-refractivity contribution in [1.29, 1.82) is 0 Å². The molecule has 1 aromatic heterocycles. The summed E-state index contributed by atoms with van der Waals surface area (Å²) in [5, 5.41) is 2.57. The second kappa shape index (κ2) is 4.87. The van der Waals surface area contributed by atoms with Gasteiger partial charge in [-0.1, -0.05) is 0 Å². The lowest BCUT2D eigenvalue weighted by Gasteiger charge is -2.10. The van der Waals surface area contributed by atoms with Gasteiger partial charge in [-0.15, -0.1) is 0 Å². The van der Waals surface area contributed by atoms with Crippen LogP contribution >= 0.6 is 0 Å². The molecule has 0 radical (unpaired) electrons. The number of carbonyl (C=O) groups excluding carboxylic acids is 2. The first-order valence-electron chi connectivity index (χ1n) is 5.49. The molecule has 0 bridgehead atoms. The normalized spacial score (nSPS) is 10.3. The fraction of sp³-hybridized carbons (Fsp3) is 0.250. The zero-order chi connectivity index (χ0) is 13.1. The second-order valence-electron chi connectivity index (χ2n) is 4.11. The van der Waals surface area contributed by atoms with Gasteiger partial charge in [-0.05, 0) is 18.2 Å². The van der Waals surface area contributed by atoms with Gasteiger partial charge in [0.05, 0.1) is 23.9 Å². The van der Waals surface area contributed by atoms with Crippen LogP contribution in [0.15, 0.2) is 24.5 Å². The summed E-state index contributed by atoms with van der Waals surface area (Å²) in [6.45, 7) is -0.00949. The Morgan fingerprint density at radius 1 is 1.39 bits per heavy atom. The summed E-state index contributed by atoms with van der Waals surface area (Å²) in [5.74, 6) is -0.431. The number of fused-ring (bicyclic) bond motifs is 1. The van der Waals surface area contributed by atoms with E-state index in [1.165, 1.54) is 4.90 Å². The van der Waals surface area contributed by atoms with Crippen LogP contribution in [0, 0.1) is 0 Å². The molecule has 94 valence electrons. The van der Waals surface area contributed by atoms with Crippen molar-refractivity contribution in [2.24, 2.45) is 0 Å². The van der Waals surface area contributed by atoms with Crippen LogP contribution in [0.5, 0.6) is 0 Å². The van der Waals surface area contributed by atoms with E-state index >= 15 is 0 Å². The first-order chi connectivity index (χ1) is 8.58. The number of hydrogen-bond acceptors (Lipinski definition) is 3. The Morgan fingerprint density at radius 2 is 2.17 bits per heavy atom. The molecule has 0 fully saturated rings. The summed E-state index contributed by atoms with van der Waals surface area (Å²) in [7, 11) is 3.29. The minimum absolute atomic E-state index is 0.00949. The molecule has 0 saturated carbocycles. The van der Waals surface area contributed by atoms with Crippen LogP contribution in [0.1, 0.15) is 10.4 Å². The number of imidazole rings is 1. The summed E-state index contributed by atoms with van der Waals surface area (Å²) >= 11 is 0. The number of hydrogen-bond donors (Lipinski definition) is 2. The van der Waals surface area contributed by atoms with Gasteiger partial charge in [0.15, 0.2) is 0 Å². The minimum atomic E-state index is -0.282. The van der Waals surface area contributed by atoms with E-state index in [0.29, 0.717) is 5.56 Å². The number of amides is 2. The van der Waals surface area contributed by atoms with Crippen molar-refractivity contribution in [3.8, 4) is 0 Å². The number of benzene rings is 1. The third-order valence-corrected chi connectivity index (χ3v) is 2.58. The number of aromatic amines is 1. The van der Waals surface area contributed by atoms with E-state index in [0.717, 1.165) is 11.0 Å². The van der Waals surface area contributed by atoms with Gasteiger partial charge in [-0.25, -0.2) is 4.98 Å². The van der Waals surface area contributed by atoms with E-state index in [2.05, 4.69) is 15.3 Å². The van der Waals surface area contributed by atoms with Gasteiger partial charge in [-0.2, -0.15) is 0 Å². The molecule has 6 heteroatoms. The number of nitrogens with one attached hydrogen (secondary N) is 2. The van der Waals surface area contributed by atoms with E-state index in [1.807, 2.05) is 0 Å². The first-order valence-corrected chi connectivity index (χ1v) is 5.49. The number of nitrogens with zero attached hydrogens (tertiary/aromatic N) is 2. The van der Waals surface area contributed by atoms with Crippen molar-refractivity contribution in [2.75, 3.05) is 20.6 Å². The van der Waals surface area contributed by atoms with E-state index in [9.17, 15) is 9.59 Å². The van der Waals surface area contributed by atoms with Crippen LogP contribution in [-0.2, 0) is 4.79 Å². The Morgan fingerprint density at radius 3 is 2.89 bits per heavy atom. The highest BCUT2D eigenvalue weighted by molar-refractivity contribution is 5.98. The maximum Gasteiger partial charge on any atom is 0.251 e. The van der Waals surface area contributed by atoms with Crippen molar-refractivity contribution in [3.63, 3.8) is 0 Å². The molecule has 2 aromatic rings. The van der Waals surface area contributed by atoms with Gasteiger partial charge in [0.1, 0.15) is 0 Å². The second-order valence-corrected chi connectivity index (χ2v) is 4.11. The van der Waals surface area contributed by atoms with Crippen LogP contribution < -0.4 is 5.32 Å². The quantitative estimate of drug-likeness (QED) is 0.822. The minimum Gasteiger partial charge on any atom is -0.347 e. The molecule has 0 aliphatic heterocycles. The molecule has 0 aliphatic rings. The molecule has 2 rings (SSSR count). The lowest BCUT2D eigenvalue weighted by atomic mass is 10.2. The predicted molar refractivity (Wildman–Crippen MR) is 67.1 cm³/mol. The number of rotatable bonds is 3. The highest BCUT2D eigenvalue weighted by atomic mass is 16.2. The zero-order valence-corrected chi connectivity index (χ0v) is 10.2. The average Bonchev–Trinajstić information content (AvgIpc) is 2.82. The Kier molecular flexibility index (Phi) is 3.27. The molecule has 0 atom stereocenters. The highest BCUT2D eigenvalue weighted by Gasteiger charge is 2.10. The summed E-state index contributed by atoms with van der Waals surface area (Å²) in [5.41, 5.74) is 2.08. The molecule has 18 heavy (non-hydrogen) atoms. The fourth-order valence-corrected chi connectivity index (χ4v) is 1.49. The molecule has 0 unspecified atom stereocenters. The molecule has 1 aromatic carbocycles. The largest absolute Gasteiger partial charge is 0.347 e. The maximum absolute atomic E-state index is 11.8. The zero-order valence-electron chi connectivity index (χ0n) is 10.2. The van der Waals surface area contributed by atoms with E-state index < -0.39 is 0 Å². The number of H-pyrrole nitrogens is 1. The molecule has 2 amide bonds. The van der Waals surface area contributed by atoms with Gasteiger partial charge in [0.25, 0.3) is 5.91 Å². The number of likely N-dealkylation sites (N-methyl/N-ethyl adjacent to an activating group) is 1. The lowest BCUT2D eigenvalue weighted by Crippen LogP contribution is -2.36. The fourth-order valence-electron chi connectivity index (χ4n) is 1.49. The Balaban J connectivity index is 2.06. The Hall–Kier alpha value is -2.37. The van der Waals surface area contributed by atoms with Crippen molar-refractivity contribution >= 4 is 22.8 Å². The molecule has 0 aliphatic carbocycles. The summed E-state index contributed by atoms with van der Waals surface area (Å²) in [6, 6.07) is 5.16. The van der Waals surface area contributed by atoms with E-state index in [4.69, 9.17) is 0 Å². The van der Waals surface area contributed by atoms with Gasteiger partial charge in [-0.3, -0.25) is 9.59 Å². The van der Waals surface area contributed by atoms with E-state index in [1.54, 1.807) is 38.6 Å².